The van der Waals surface area contributed by atoms with E-state index in [0.29, 0.717) is 30.6 Å². The van der Waals surface area contributed by atoms with Crippen LogP contribution in [-0.4, -0.2) is 47.4 Å². The number of methoxy groups -OCH3 is 1. The second-order valence-electron chi connectivity index (χ2n) is 9.87. The summed E-state index contributed by atoms with van der Waals surface area (Å²) in [7, 11) is 1.36. The number of fused-ring (bicyclic) bond motifs is 3. The minimum absolute atomic E-state index is 0.00535. The molecule has 2 aromatic carbocycles. The highest BCUT2D eigenvalue weighted by Gasteiger charge is 2.28. The fourth-order valence-corrected chi connectivity index (χ4v) is 4.38. The summed E-state index contributed by atoms with van der Waals surface area (Å²) in [5, 5.41) is 3.75. The molecule has 1 aromatic heterocycles. The second kappa shape index (κ2) is 8.97. The van der Waals surface area contributed by atoms with Crippen molar-refractivity contribution in [2.75, 3.05) is 13.7 Å². The van der Waals surface area contributed by atoms with Gasteiger partial charge in [-0.2, -0.15) is 0 Å². The molecular weight excluding hydrogens is 430 g/mol. The maximum atomic E-state index is 13.2. The first kappa shape index (κ1) is 23.5. The number of esters is 1. The Labute approximate surface area is 199 Å². The lowest BCUT2D eigenvalue weighted by Crippen LogP contribution is -2.48. The zero-order valence-corrected chi connectivity index (χ0v) is 20.3. The monoisotopic (exact) mass is 461 g/mol. The van der Waals surface area contributed by atoms with Crippen molar-refractivity contribution >= 4 is 28.7 Å². The summed E-state index contributed by atoms with van der Waals surface area (Å²) in [4.78, 5) is 43.0. The molecule has 1 unspecified atom stereocenters. The number of rotatable bonds is 4. The van der Waals surface area contributed by atoms with E-state index in [4.69, 9.17) is 4.74 Å². The highest BCUT2D eigenvalue weighted by atomic mass is 16.5. The van der Waals surface area contributed by atoms with Crippen LogP contribution in [0.1, 0.15) is 65.2 Å². The molecule has 0 aliphatic carbocycles. The van der Waals surface area contributed by atoms with Gasteiger partial charge in [0.25, 0.3) is 5.91 Å². The van der Waals surface area contributed by atoms with Crippen LogP contribution in [0, 0.1) is 0 Å². The fourth-order valence-electron chi connectivity index (χ4n) is 4.38. The average molecular weight is 462 g/mol. The number of aromatic amines is 1. The zero-order chi connectivity index (χ0) is 24.6. The highest BCUT2D eigenvalue weighted by molar-refractivity contribution is 5.98. The summed E-state index contributed by atoms with van der Waals surface area (Å²) in [5.74, 6) is -0.801. The molecule has 178 valence electrons. The van der Waals surface area contributed by atoms with Gasteiger partial charge in [-0.1, -0.05) is 32.9 Å². The van der Waals surface area contributed by atoms with Gasteiger partial charge in [0, 0.05) is 47.2 Å². The van der Waals surface area contributed by atoms with Crippen LogP contribution in [-0.2, 0) is 27.9 Å². The number of benzene rings is 2. The van der Waals surface area contributed by atoms with Gasteiger partial charge in [0.1, 0.15) is 6.04 Å². The van der Waals surface area contributed by atoms with Gasteiger partial charge in [-0.05, 0) is 48.2 Å². The Morgan fingerprint density at radius 1 is 1.06 bits per heavy atom. The van der Waals surface area contributed by atoms with Gasteiger partial charge >= 0.3 is 5.97 Å². The summed E-state index contributed by atoms with van der Waals surface area (Å²) in [6.45, 7) is 9.05. The molecule has 2 heterocycles. The first-order chi connectivity index (χ1) is 16.1. The number of nitrogens with zero attached hydrogens (tertiary/aromatic N) is 1. The number of nitrogens with one attached hydrogen (secondary N) is 2. The van der Waals surface area contributed by atoms with Gasteiger partial charge in [-0.15, -0.1) is 0 Å². The van der Waals surface area contributed by atoms with Crippen molar-refractivity contribution < 1.29 is 19.1 Å². The molecule has 0 saturated heterocycles. The van der Waals surface area contributed by atoms with Crippen LogP contribution in [0.15, 0.2) is 42.5 Å². The number of ether oxygens (including phenoxy) is 1. The van der Waals surface area contributed by atoms with E-state index in [2.05, 4.69) is 31.1 Å². The van der Waals surface area contributed by atoms with Crippen LogP contribution < -0.4 is 5.32 Å². The summed E-state index contributed by atoms with van der Waals surface area (Å²) >= 11 is 0. The van der Waals surface area contributed by atoms with Gasteiger partial charge in [0.15, 0.2) is 0 Å². The molecule has 1 aliphatic heterocycles. The number of carbonyl (C=O) groups is 3. The third-order valence-electron chi connectivity index (χ3n) is 6.44. The minimum Gasteiger partial charge on any atom is -0.465 e. The zero-order valence-electron chi connectivity index (χ0n) is 20.3. The standard InChI is InChI=1S/C27H31N3O4/c1-16(28-24(31)17-6-9-19(10-7-17)27(2,3)4)25(32)30-13-12-23-21(15-30)20-14-18(26(33)34-5)8-11-22(20)29-23/h6-11,14,16,29H,12-13,15H2,1-5H3,(H,28,31). The summed E-state index contributed by atoms with van der Waals surface area (Å²) in [5.41, 5.74) is 5.14. The number of hydrogen-bond acceptors (Lipinski definition) is 4. The maximum Gasteiger partial charge on any atom is 0.337 e. The van der Waals surface area contributed by atoms with E-state index in [1.165, 1.54) is 7.11 Å². The summed E-state index contributed by atoms with van der Waals surface area (Å²) < 4.78 is 4.84. The van der Waals surface area contributed by atoms with E-state index in [1.54, 1.807) is 36.1 Å². The molecule has 2 N–H and O–H groups in total. The van der Waals surface area contributed by atoms with Crippen molar-refractivity contribution in [3.63, 3.8) is 0 Å². The molecule has 1 atom stereocenters. The van der Waals surface area contributed by atoms with E-state index >= 15 is 0 Å². The maximum absolute atomic E-state index is 13.2. The van der Waals surface area contributed by atoms with Crippen molar-refractivity contribution in [3.05, 3.63) is 70.4 Å². The molecule has 34 heavy (non-hydrogen) atoms. The van der Waals surface area contributed by atoms with Gasteiger partial charge in [-0.3, -0.25) is 9.59 Å². The molecule has 7 heteroatoms. The predicted molar refractivity (Wildman–Crippen MR) is 131 cm³/mol. The Balaban J connectivity index is 1.47. The van der Waals surface area contributed by atoms with Gasteiger partial charge in [0.2, 0.25) is 5.91 Å². The van der Waals surface area contributed by atoms with E-state index in [-0.39, 0.29) is 17.2 Å². The Hall–Kier alpha value is -3.61. The van der Waals surface area contributed by atoms with Crippen LogP contribution >= 0.6 is 0 Å². The van der Waals surface area contributed by atoms with Crippen molar-refractivity contribution in [3.8, 4) is 0 Å². The average Bonchev–Trinajstić information content (AvgIpc) is 3.19. The third-order valence-corrected chi connectivity index (χ3v) is 6.44. The summed E-state index contributed by atoms with van der Waals surface area (Å²) in [6.07, 6.45) is 0.679. The Morgan fingerprint density at radius 2 is 1.74 bits per heavy atom. The van der Waals surface area contributed by atoms with Crippen molar-refractivity contribution in [1.29, 1.82) is 0 Å². The van der Waals surface area contributed by atoms with E-state index < -0.39 is 12.0 Å². The van der Waals surface area contributed by atoms with Crippen LogP contribution in [0.25, 0.3) is 10.9 Å². The lowest BCUT2D eigenvalue weighted by atomic mass is 9.86. The first-order valence-corrected chi connectivity index (χ1v) is 11.5. The molecule has 0 spiro atoms. The smallest absolute Gasteiger partial charge is 0.337 e. The van der Waals surface area contributed by atoms with E-state index in [1.807, 2.05) is 18.2 Å². The highest BCUT2D eigenvalue weighted by Crippen LogP contribution is 2.29. The summed E-state index contributed by atoms with van der Waals surface area (Å²) in [6, 6.07) is 12.2. The first-order valence-electron chi connectivity index (χ1n) is 11.5. The topological polar surface area (TPSA) is 91.5 Å². The lowest BCUT2D eigenvalue weighted by molar-refractivity contribution is -0.133. The molecule has 2 amide bonds. The minimum atomic E-state index is -0.660. The van der Waals surface area contributed by atoms with Crippen LogP contribution in [0.3, 0.4) is 0 Å². The van der Waals surface area contributed by atoms with Crippen LogP contribution in [0.2, 0.25) is 0 Å². The molecule has 1 aliphatic rings. The Kier molecular flexibility index (Phi) is 6.21. The SMILES string of the molecule is COC(=O)c1ccc2[nH]c3c(c2c1)CN(C(=O)C(C)NC(=O)c1ccc(C(C)(C)C)cc1)CC3. The van der Waals surface area contributed by atoms with Crippen LogP contribution in [0.4, 0.5) is 0 Å². The van der Waals surface area contributed by atoms with Crippen molar-refractivity contribution in [2.24, 2.45) is 0 Å². The normalized spacial score (nSPS) is 14.4. The Morgan fingerprint density at radius 3 is 2.38 bits per heavy atom. The molecule has 4 rings (SSSR count). The molecule has 0 bridgehead atoms. The van der Waals surface area contributed by atoms with Gasteiger partial charge in [0.05, 0.1) is 12.7 Å². The molecule has 0 saturated carbocycles. The largest absolute Gasteiger partial charge is 0.465 e. The van der Waals surface area contributed by atoms with E-state index in [9.17, 15) is 14.4 Å². The fraction of sp³-hybridized carbons (Fsp3) is 0.370. The predicted octanol–water partition coefficient (Wildman–Crippen LogP) is 3.96. The molecular formula is C27H31N3O4. The number of carbonyl (C=O) groups excluding carboxylic acids is 3. The quantitative estimate of drug-likeness (QED) is 0.576. The van der Waals surface area contributed by atoms with Crippen molar-refractivity contribution in [1.82, 2.24) is 15.2 Å². The number of hydrogen-bond donors (Lipinski definition) is 2. The molecule has 7 nitrogen and oxygen atoms in total. The second-order valence-corrected chi connectivity index (χ2v) is 9.87. The van der Waals surface area contributed by atoms with Crippen LogP contribution in [0.5, 0.6) is 0 Å². The number of aromatic nitrogens is 1. The molecule has 3 aromatic rings. The Bertz CT molecular complexity index is 1250. The van der Waals surface area contributed by atoms with E-state index in [0.717, 1.165) is 27.7 Å². The van der Waals surface area contributed by atoms with Gasteiger partial charge in [-0.25, -0.2) is 4.79 Å². The third kappa shape index (κ3) is 4.55. The molecule has 0 radical (unpaired) electrons. The lowest BCUT2D eigenvalue weighted by Gasteiger charge is -2.30. The van der Waals surface area contributed by atoms with Crippen molar-refractivity contribution in [2.45, 2.75) is 52.1 Å². The number of H-pyrrole nitrogens is 1. The van der Waals surface area contributed by atoms with Gasteiger partial charge < -0.3 is 19.9 Å². The number of amides is 2. The molecule has 0 fully saturated rings.